The molecule has 1 saturated heterocycles. The Bertz CT molecular complexity index is 1260. The summed E-state index contributed by atoms with van der Waals surface area (Å²) in [5.41, 5.74) is 3.06. The minimum Gasteiger partial charge on any atom is -0.342 e. The van der Waals surface area contributed by atoms with Crippen LogP contribution in [0.5, 0.6) is 0 Å². The Morgan fingerprint density at radius 3 is 2.26 bits per heavy atom. The van der Waals surface area contributed by atoms with Crippen molar-refractivity contribution in [2.24, 2.45) is 5.92 Å². The van der Waals surface area contributed by atoms with Gasteiger partial charge in [-0.15, -0.1) is 0 Å². The average molecular weight is 478 g/mol. The molecule has 0 aliphatic carbocycles. The number of likely N-dealkylation sites (tertiary alicyclic amines) is 1. The van der Waals surface area contributed by atoms with Crippen molar-refractivity contribution in [3.8, 4) is 0 Å². The van der Waals surface area contributed by atoms with E-state index in [1.165, 1.54) is 0 Å². The molecule has 2 amide bonds. The largest absolute Gasteiger partial charge is 0.342 e. The minimum absolute atomic E-state index is 0.0167. The van der Waals surface area contributed by atoms with E-state index in [1.807, 2.05) is 37.3 Å². The number of carbonyl (C=O) groups excluding carboxylic acids is 2. The molecule has 1 aliphatic heterocycles. The fraction of sp³-hybridized carbons (Fsp3) is 0.231. The van der Waals surface area contributed by atoms with Gasteiger partial charge < -0.3 is 10.2 Å². The maximum absolute atomic E-state index is 12.7. The number of hydrogen-bond acceptors (Lipinski definition) is 4. The second-order valence-electron chi connectivity index (χ2n) is 8.46. The topological polar surface area (TPSA) is 95.6 Å². The molecule has 4 rings (SSSR count). The first kappa shape index (κ1) is 23.5. The van der Waals surface area contributed by atoms with Gasteiger partial charge in [-0.1, -0.05) is 48.0 Å². The zero-order chi connectivity index (χ0) is 24.1. The Kier molecular flexibility index (Phi) is 6.98. The highest BCUT2D eigenvalue weighted by Crippen LogP contribution is 2.22. The van der Waals surface area contributed by atoms with Gasteiger partial charge in [-0.25, -0.2) is 8.42 Å². The minimum atomic E-state index is -3.70. The fourth-order valence-corrected chi connectivity index (χ4v) is 4.93. The van der Waals surface area contributed by atoms with E-state index in [2.05, 4.69) is 10.0 Å². The van der Waals surface area contributed by atoms with Gasteiger partial charge in [0.1, 0.15) is 0 Å². The predicted molar refractivity (Wildman–Crippen MR) is 132 cm³/mol. The zero-order valence-corrected chi connectivity index (χ0v) is 19.7. The van der Waals surface area contributed by atoms with Gasteiger partial charge in [-0.05, 0) is 55.3 Å². The Morgan fingerprint density at radius 2 is 1.59 bits per heavy atom. The molecule has 3 aromatic rings. The molecule has 2 N–H and O–H groups in total. The summed E-state index contributed by atoms with van der Waals surface area (Å²) in [6, 6.07) is 23.0. The highest BCUT2D eigenvalue weighted by molar-refractivity contribution is 7.92. The highest BCUT2D eigenvalue weighted by Gasteiger charge is 2.34. The number of amides is 2. The Hall–Kier alpha value is -3.65. The van der Waals surface area contributed by atoms with Gasteiger partial charge in [0.05, 0.1) is 10.8 Å². The molecule has 1 unspecified atom stereocenters. The molecule has 0 aromatic heterocycles. The van der Waals surface area contributed by atoms with Crippen LogP contribution in [0.1, 0.15) is 17.5 Å². The number of benzene rings is 3. The molecule has 1 atom stereocenters. The first-order chi connectivity index (χ1) is 16.3. The van der Waals surface area contributed by atoms with E-state index in [-0.39, 0.29) is 23.1 Å². The third-order valence-electron chi connectivity index (χ3n) is 5.83. The van der Waals surface area contributed by atoms with E-state index < -0.39 is 15.9 Å². The number of nitrogens with zero attached hydrogens (tertiary/aromatic N) is 1. The van der Waals surface area contributed by atoms with E-state index >= 15 is 0 Å². The number of nitrogens with one attached hydrogen (secondary N) is 2. The van der Waals surface area contributed by atoms with Crippen molar-refractivity contribution in [3.63, 3.8) is 0 Å². The number of rotatable bonds is 8. The third kappa shape index (κ3) is 5.82. The van der Waals surface area contributed by atoms with Crippen LogP contribution < -0.4 is 10.0 Å². The van der Waals surface area contributed by atoms with Gasteiger partial charge >= 0.3 is 0 Å². The predicted octanol–water partition coefficient (Wildman–Crippen LogP) is 3.83. The maximum Gasteiger partial charge on any atom is 0.261 e. The summed E-state index contributed by atoms with van der Waals surface area (Å²) in [5.74, 6) is -0.650. The number of sulfonamides is 1. The summed E-state index contributed by atoms with van der Waals surface area (Å²) in [6.07, 6.45) is 0.940. The summed E-state index contributed by atoms with van der Waals surface area (Å²) in [7, 11) is -3.70. The van der Waals surface area contributed by atoms with Crippen LogP contribution in [-0.4, -0.2) is 38.2 Å². The fourth-order valence-electron chi connectivity index (χ4n) is 3.87. The Balaban J connectivity index is 1.31. The normalized spacial score (nSPS) is 15.9. The molecule has 1 aliphatic rings. The quantitative estimate of drug-likeness (QED) is 0.516. The lowest BCUT2D eigenvalue weighted by Crippen LogP contribution is -2.30. The van der Waals surface area contributed by atoms with E-state index in [0.29, 0.717) is 24.5 Å². The highest BCUT2D eigenvalue weighted by atomic mass is 32.2. The van der Waals surface area contributed by atoms with Crippen LogP contribution in [-0.2, 0) is 26.0 Å². The monoisotopic (exact) mass is 477 g/mol. The third-order valence-corrected chi connectivity index (χ3v) is 7.23. The number of anilines is 2. The Labute approximate surface area is 199 Å². The first-order valence-corrected chi connectivity index (χ1v) is 12.6. The molecule has 34 heavy (non-hydrogen) atoms. The summed E-state index contributed by atoms with van der Waals surface area (Å²) in [6.45, 7) is 2.87. The lowest BCUT2D eigenvalue weighted by atomic mass is 10.1. The molecule has 1 heterocycles. The molecule has 0 saturated carbocycles. The molecular weight excluding hydrogens is 450 g/mol. The van der Waals surface area contributed by atoms with E-state index in [1.54, 1.807) is 53.4 Å². The molecule has 176 valence electrons. The van der Waals surface area contributed by atoms with Gasteiger partial charge in [-0.2, -0.15) is 0 Å². The molecular formula is C26H27N3O4S. The number of hydrogen-bond donors (Lipinski definition) is 2. The van der Waals surface area contributed by atoms with Crippen LogP contribution in [0.4, 0.5) is 11.4 Å². The van der Waals surface area contributed by atoms with Crippen molar-refractivity contribution in [1.29, 1.82) is 0 Å². The molecule has 8 heteroatoms. The van der Waals surface area contributed by atoms with Crippen molar-refractivity contribution in [3.05, 3.63) is 90.0 Å². The number of carbonyl (C=O) groups is 2. The lowest BCUT2D eigenvalue weighted by molar-refractivity contribution is -0.128. The maximum atomic E-state index is 12.7. The van der Waals surface area contributed by atoms with Gasteiger partial charge in [0.2, 0.25) is 11.8 Å². The van der Waals surface area contributed by atoms with Crippen molar-refractivity contribution in [1.82, 2.24) is 4.90 Å². The smallest absolute Gasteiger partial charge is 0.261 e. The van der Waals surface area contributed by atoms with Crippen LogP contribution in [0.3, 0.4) is 0 Å². The SMILES string of the molecule is Cc1ccc(S(=O)(=O)Nc2ccc(NC(=O)C3CC(=O)N(CCc4ccccc4)C3)cc2)cc1. The average Bonchev–Trinajstić information content (AvgIpc) is 3.20. The molecule has 0 radical (unpaired) electrons. The van der Waals surface area contributed by atoms with E-state index in [4.69, 9.17) is 0 Å². The van der Waals surface area contributed by atoms with Gasteiger partial charge in [0.25, 0.3) is 10.0 Å². The zero-order valence-electron chi connectivity index (χ0n) is 18.9. The summed E-state index contributed by atoms with van der Waals surface area (Å²) < 4.78 is 27.6. The number of aryl methyl sites for hydroxylation is 1. The summed E-state index contributed by atoms with van der Waals surface area (Å²) in [5, 5.41) is 2.83. The second-order valence-corrected chi connectivity index (χ2v) is 10.1. The van der Waals surface area contributed by atoms with Gasteiger partial charge in [0, 0.05) is 30.9 Å². The van der Waals surface area contributed by atoms with Crippen LogP contribution in [0.2, 0.25) is 0 Å². The van der Waals surface area contributed by atoms with Crippen molar-refractivity contribution >= 4 is 33.2 Å². The summed E-state index contributed by atoms with van der Waals surface area (Å²) in [4.78, 5) is 27.0. The van der Waals surface area contributed by atoms with E-state index in [9.17, 15) is 18.0 Å². The Morgan fingerprint density at radius 1 is 0.941 bits per heavy atom. The van der Waals surface area contributed by atoms with Crippen molar-refractivity contribution < 1.29 is 18.0 Å². The molecule has 1 fully saturated rings. The van der Waals surface area contributed by atoms with Crippen molar-refractivity contribution in [2.45, 2.75) is 24.7 Å². The molecule has 3 aromatic carbocycles. The van der Waals surface area contributed by atoms with Crippen LogP contribution in [0.15, 0.2) is 83.8 Å². The first-order valence-electron chi connectivity index (χ1n) is 11.1. The standard InChI is InChI=1S/C26H27N3O4S/c1-19-7-13-24(14-8-19)34(32,33)28-23-11-9-22(10-12-23)27-26(31)21-17-25(30)29(18-21)16-15-20-5-3-2-4-6-20/h2-14,21,28H,15-18H2,1H3,(H,27,31). The van der Waals surface area contributed by atoms with Gasteiger partial charge in [0.15, 0.2) is 0 Å². The lowest BCUT2D eigenvalue weighted by Gasteiger charge is -2.16. The second kappa shape index (κ2) is 10.1. The van der Waals surface area contributed by atoms with E-state index in [0.717, 1.165) is 17.5 Å². The van der Waals surface area contributed by atoms with Crippen LogP contribution >= 0.6 is 0 Å². The molecule has 0 spiro atoms. The molecule has 0 bridgehead atoms. The summed E-state index contributed by atoms with van der Waals surface area (Å²) >= 11 is 0. The van der Waals surface area contributed by atoms with Gasteiger partial charge in [-0.3, -0.25) is 14.3 Å². The molecule has 7 nitrogen and oxygen atoms in total. The van der Waals surface area contributed by atoms with Crippen LogP contribution in [0.25, 0.3) is 0 Å². The van der Waals surface area contributed by atoms with Crippen molar-refractivity contribution in [2.75, 3.05) is 23.1 Å². The van der Waals surface area contributed by atoms with Crippen LogP contribution in [0, 0.1) is 12.8 Å².